The molecule has 1 rings (SSSR count). The van der Waals surface area contributed by atoms with Gasteiger partial charge in [-0.15, -0.1) is 0 Å². The van der Waals surface area contributed by atoms with E-state index in [9.17, 15) is 24.3 Å². The molecule has 1 aromatic rings. The average Bonchev–Trinajstić information content (AvgIpc) is 2.79. The molecule has 33 heavy (non-hydrogen) atoms. The highest BCUT2D eigenvalue weighted by atomic mass is 32.2. The Bertz CT molecular complexity index is 808. The number of aromatic hydroxyl groups is 1. The number of hydrogen-bond acceptors (Lipinski definition) is 9. The zero-order valence-electron chi connectivity index (χ0n) is 18.1. The second-order valence-electron chi connectivity index (χ2n) is 7.15. The Morgan fingerprint density at radius 2 is 1.45 bits per heavy atom. The summed E-state index contributed by atoms with van der Waals surface area (Å²) in [7, 11) is 0. The van der Waals surface area contributed by atoms with Crippen molar-refractivity contribution in [2.75, 3.05) is 25.2 Å². The van der Waals surface area contributed by atoms with Crippen molar-refractivity contribution in [3.63, 3.8) is 0 Å². The number of aliphatic hydroxyl groups is 2. The lowest BCUT2D eigenvalue weighted by atomic mass is 10.0. The van der Waals surface area contributed by atoms with Crippen LogP contribution in [0.15, 0.2) is 24.3 Å². The molecule has 184 valence electrons. The minimum absolute atomic E-state index is 0.0109. The number of hydrogen-bond donors (Lipinski definition) is 8. The van der Waals surface area contributed by atoms with E-state index in [-0.39, 0.29) is 18.6 Å². The summed E-state index contributed by atoms with van der Waals surface area (Å²) in [5.41, 5.74) is 6.10. The fraction of sp³-hybridized carbons (Fsp3) is 0.500. The van der Waals surface area contributed by atoms with Crippen molar-refractivity contribution in [3.8, 4) is 5.75 Å². The Labute approximate surface area is 194 Å². The number of nitrogens with one attached hydrogen (secondary N) is 3. The van der Waals surface area contributed by atoms with Crippen LogP contribution in [-0.2, 0) is 25.6 Å². The van der Waals surface area contributed by atoms with E-state index in [1.165, 1.54) is 23.9 Å². The molecule has 0 aliphatic heterocycles. The number of carboxylic acids is 1. The number of phenols is 1. The quantitative estimate of drug-likeness (QED) is 0.139. The molecule has 12 nitrogen and oxygen atoms in total. The number of thioether (sulfide) groups is 1. The molecule has 4 atom stereocenters. The second kappa shape index (κ2) is 14.3. The van der Waals surface area contributed by atoms with E-state index in [1.54, 1.807) is 18.4 Å². The van der Waals surface area contributed by atoms with Crippen molar-refractivity contribution < 1.29 is 39.6 Å². The van der Waals surface area contributed by atoms with Crippen LogP contribution in [0.2, 0.25) is 0 Å². The molecule has 9 N–H and O–H groups in total. The lowest BCUT2D eigenvalue weighted by Crippen LogP contribution is -2.58. The maximum atomic E-state index is 13.0. The Morgan fingerprint density at radius 1 is 0.909 bits per heavy atom. The summed E-state index contributed by atoms with van der Waals surface area (Å²) < 4.78 is 0. The summed E-state index contributed by atoms with van der Waals surface area (Å²) in [6.45, 7) is -1.47. The monoisotopic (exact) mass is 486 g/mol. The van der Waals surface area contributed by atoms with Crippen LogP contribution in [0, 0.1) is 0 Å². The third-order valence-electron chi connectivity index (χ3n) is 4.58. The Hall–Kier alpha value is -2.87. The largest absolute Gasteiger partial charge is 0.508 e. The Kier molecular flexibility index (Phi) is 12.2. The second-order valence-corrected chi connectivity index (χ2v) is 8.13. The number of carbonyl (C=O) groups excluding carboxylic acids is 3. The lowest BCUT2D eigenvalue weighted by Gasteiger charge is -2.25. The van der Waals surface area contributed by atoms with Crippen LogP contribution in [0.5, 0.6) is 5.75 Å². The number of amides is 3. The van der Waals surface area contributed by atoms with Gasteiger partial charge in [-0.25, -0.2) is 4.79 Å². The lowest BCUT2D eigenvalue weighted by molar-refractivity contribution is -0.143. The van der Waals surface area contributed by atoms with Gasteiger partial charge >= 0.3 is 5.97 Å². The maximum Gasteiger partial charge on any atom is 0.328 e. The van der Waals surface area contributed by atoms with Gasteiger partial charge in [0.2, 0.25) is 17.7 Å². The summed E-state index contributed by atoms with van der Waals surface area (Å²) in [5, 5.41) is 43.8. The normalized spacial score (nSPS) is 14.4. The molecule has 3 amide bonds. The summed E-state index contributed by atoms with van der Waals surface area (Å²) in [4.78, 5) is 48.9. The van der Waals surface area contributed by atoms with E-state index in [1.807, 2.05) is 0 Å². The molecule has 0 aromatic heterocycles. The van der Waals surface area contributed by atoms with Gasteiger partial charge in [0.15, 0.2) is 0 Å². The Morgan fingerprint density at radius 3 is 1.97 bits per heavy atom. The molecule has 0 saturated carbocycles. The predicted octanol–water partition coefficient (Wildman–Crippen LogP) is -2.46. The molecular formula is C20H30N4O8S. The number of nitrogens with two attached hydrogens (primary N) is 1. The van der Waals surface area contributed by atoms with Crippen LogP contribution in [0.1, 0.15) is 12.0 Å². The van der Waals surface area contributed by atoms with Crippen LogP contribution in [0.4, 0.5) is 0 Å². The van der Waals surface area contributed by atoms with Crippen molar-refractivity contribution in [2.45, 2.75) is 37.0 Å². The van der Waals surface area contributed by atoms with E-state index < -0.39 is 61.1 Å². The van der Waals surface area contributed by atoms with Crippen LogP contribution >= 0.6 is 11.8 Å². The number of rotatable bonds is 14. The molecule has 0 radical (unpaired) electrons. The highest BCUT2D eigenvalue weighted by Crippen LogP contribution is 2.12. The van der Waals surface area contributed by atoms with Gasteiger partial charge in [-0.1, -0.05) is 12.1 Å². The Balaban J connectivity index is 3.05. The highest BCUT2D eigenvalue weighted by Gasteiger charge is 2.30. The molecule has 0 aliphatic rings. The molecule has 0 fully saturated rings. The molecule has 4 unspecified atom stereocenters. The minimum atomic E-state index is -1.54. The molecule has 13 heteroatoms. The minimum Gasteiger partial charge on any atom is -0.508 e. The number of carboxylic acid groups (broad SMARTS) is 1. The van der Waals surface area contributed by atoms with Crippen molar-refractivity contribution in [2.24, 2.45) is 5.73 Å². The number of aliphatic carboxylic acids is 1. The van der Waals surface area contributed by atoms with Crippen molar-refractivity contribution >= 4 is 35.5 Å². The van der Waals surface area contributed by atoms with Gasteiger partial charge in [-0.2, -0.15) is 11.8 Å². The molecular weight excluding hydrogens is 456 g/mol. The van der Waals surface area contributed by atoms with Gasteiger partial charge in [0.25, 0.3) is 0 Å². The zero-order valence-corrected chi connectivity index (χ0v) is 18.9. The standard InChI is InChI=1S/C20H30N4O8S/c1-33-7-6-14(18(29)24-16(10-26)20(31)32)22-19(30)15(23-17(28)13(21)9-25)8-11-2-4-12(27)5-3-11/h2-5,13-16,25-27H,6-10,21H2,1H3,(H,22,30)(H,23,28)(H,24,29)(H,31,32). The summed E-state index contributed by atoms with van der Waals surface area (Å²) in [5.74, 6) is -3.29. The zero-order chi connectivity index (χ0) is 25.0. The third kappa shape index (κ3) is 9.65. The summed E-state index contributed by atoms with van der Waals surface area (Å²) >= 11 is 1.40. The molecule has 1 aromatic carbocycles. The first-order valence-electron chi connectivity index (χ1n) is 10.0. The molecule has 0 spiro atoms. The number of phenolic OH excluding ortho intramolecular Hbond substituents is 1. The number of benzene rings is 1. The number of aliphatic hydroxyl groups excluding tert-OH is 2. The first kappa shape index (κ1) is 28.2. The van der Waals surface area contributed by atoms with E-state index in [4.69, 9.17) is 21.1 Å². The smallest absolute Gasteiger partial charge is 0.328 e. The third-order valence-corrected chi connectivity index (χ3v) is 5.23. The van der Waals surface area contributed by atoms with E-state index >= 15 is 0 Å². The van der Waals surface area contributed by atoms with Gasteiger partial charge in [-0.05, 0) is 36.1 Å². The van der Waals surface area contributed by atoms with Gasteiger partial charge in [-0.3, -0.25) is 14.4 Å². The van der Waals surface area contributed by atoms with Gasteiger partial charge in [0, 0.05) is 6.42 Å². The maximum absolute atomic E-state index is 13.0. The van der Waals surface area contributed by atoms with Crippen molar-refractivity contribution in [3.05, 3.63) is 29.8 Å². The SMILES string of the molecule is CSCCC(NC(=O)C(Cc1ccc(O)cc1)NC(=O)C(N)CO)C(=O)NC(CO)C(=O)O. The molecule has 0 saturated heterocycles. The van der Waals surface area contributed by atoms with Crippen molar-refractivity contribution in [1.29, 1.82) is 0 Å². The topological polar surface area (TPSA) is 211 Å². The first-order chi connectivity index (χ1) is 15.6. The van der Waals surface area contributed by atoms with Crippen LogP contribution in [0.3, 0.4) is 0 Å². The van der Waals surface area contributed by atoms with Crippen LogP contribution in [-0.4, -0.2) is 93.5 Å². The summed E-state index contributed by atoms with van der Waals surface area (Å²) in [6.07, 6.45) is 1.93. The van der Waals surface area contributed by atoms with Gasteiger partial charge < -0.3 is 42.1 Å². The van der Waals surface area contributed by atoms with Crippen molar-refractivity contribution in [1.82, 2.24) is 16.0 Å². The first-order valence-corrected chi connectivity index (χ1v) is 11.4. The van der Waals surface area contributed by atoms with E-state index in [2.05, 4.69) is 16.0 Å². The summed E-state index contributed by atoms with van der Waals surface area (Å²) in [6, 6.07) is 0.774. The van der Waals surface area contributed by atoms with Crippen LogP contribution in [0.25, 0.3) is 0 Å². The number of carbonyl (C=O) groups is 4. The molecule has 0 aliphatic carbocycles. The molecule has 0 bridgehead atoms. The van der Waals surface area contributed by atoms with E-state index in [0.29, 0.717) is 11.3 Å². The highest BCUT2D eigenvalue weighted by molar-refractivity contribution is 7.98. The average molecular weight is 487 g/mol. The fourth-order valence-electron chi connectivity index (χ4n) is 2.67. The molecule has 0 heterocycles. The van der Waals surface area contributed by atoms with Crippen LogP contribution < -0.4 is 21.7 Å². The van der Waals surface area contributed by atoms with Gasteiger partial charge in [0.1, 0.15) is 29.9 Å². The van der Waals surface area contributed by atoms with E-state index in [0.717, 1.165) is 0 Å². The fourth-order valence-corrected chi connectivity index (χ4v) is 3.14. The predicted molar refractivity (Wildman–Crippen MR) is 120 cm³/mol. The van der Waals surface area contributed by atoms with Gasteiger partial charge in [0.05, 0.1) is 13.2 Å².